The zero-order valence-corrected chi connectivity index (χ0v) is 18.3. The minimum atomic E-state index is -3.47. The molecule has 2 aromatic rings. The Morgan fingerprint density at radius 2 is 1.72 bits per heavy atom. The Hall–Kier alpha value is -2.65. The van der Waals surface area contributed by atoms with Crippen LogP contribution in [0.25, 0.3) is 0 Å². The van der Waals surface area contributed by atoms with Gasteiger partial charge >= 0.3 is 0 Å². The third-order valence-electron chi connectivity index (χ3n) is 4.28. The predicted octanol–water partition coefficient (Wildman–Crippen LogP) is 2.69. The number of anilines is 1. The average Bonchev–Trinajstić information content (AvgIpc) is 2.70. The standard InChI is InChI=1S/C19H23ClN2O6S/c1-22(29(5,24)25)13-7-8-15(20)14(10-13)19(23)21-11-12-6-9-16(26-2)18(28-4)17(12)27-3/h6-10H,11H2,1-5H3,(H,21,23). The number of amides is 1. The van der Waals surface area contributed by atoms with E-state index in [0.29, 0.717) is 28.5 Å². The lowest BCUT2D eigenvalue weighted by Gasteiger charge is -2.18. The van der Waals surface area contributed by atoms with Crippen LogP contribution in [0.4, 0.5) is 5.69 Å². The van der Waals surface area contributed by atoms with Gasteiger partial charge in [0, 0.05) is 19.2 Å². The molecule has 0 atom stereocenters. The third kappa shape index (κ3) is 5.04. The minimum Gasteiger partial charge on any atom is -0.493 e. The Kier molecular flexibility index (Phi) is 7.21. The van der Waals surface area contributed by atoms with Crippen molar-refractivity contribution in [3.05, 3.63) is 46.5 Å². The number of carbonyl (C=O) groups is 1. The van der Waals surface area contributed by atoms with Crippen LogP contribution >= 0.6 is 11.6 Å². The van der Waals surface area contributed by atoms with Gasteiger partial charge in [0.1, 0.15) is 0 Å². The number of benzene rings is 2. The number of nitrogens with one attached hydrogen (secondary N) is 1. The number of ether oxygens (including phenoxy) is 3. The number of halogens is 1. The Morgan fingerprint density at radius 3 is 2.28 bits per heavy atom. The molecule has 0 radical (unpaired) electrons. The molecule has 0 unspecified atom stereocenters. The molecule has 158 valence electrons. The van der Waals surface area contributed by atoms with Crippen molar-refractivity contribution in [3.8, 4) is 17.2 Å². The van der Waals surface area contributed by atoms with E-state index in [1.807, 2.05) is 0 Å². The van der Waals surface area contributed by atoms with Gasteiger partial charge in [0.15, 0.2) is 11.5 Å². The Bertz CT molecular complexity index is 1010. The molecule has 2 rings (SSSR count). The monoisotopic (exact) mass is 442 g/mol. The molecule has 2 aromatic carbocycles. The van der Waals surface area contributed by atoms with Crippen LogP contribution in [0.5, 0.6) is 17.2 Å². The second-order valence-electron chi connectivity index (χ2n) is 6.07. The highest BCUT2D eigenvalue weighted by molar-refractivity contribution is 7.92. The fourth-order valence-corrected chi connectivity index (χ4v) is 3.35. The number of rotatable bonds is 8. The van der Waals surface area contributed by atoms with Gasteiger partial charge in [0.05, 0.1) is 43.9 Å². The van der Waals surface area contributed by atoms with Crippen LogP contribution in [0.3, 0.4) is 0 Å². The average molecular weight is 443 g/mol. The molecule has 8 nitrogen and oxygen atoms in total. The zero-order valence-electron chi connectivity index (χ0n) is 16.8. The van der Waals surface area contributed by atoms with Gasteiger partial charge in [0.25, 0.3) is 5.91 Å². The summed E-state index contributed by atoms with van der Waals surface area (Å²) in [7, 11) is 2.42. The molecule has 0 spiro atoms. The second-order valence-corrected chi connectivity index (χ2v) is 8.49. The Labute approximate surface area is 175 Å². The number of sulfonamides is 1. The molecule has 0 saturated carbocycles. The maximum atomic E-state index is 12.7. The molecule has 0 saturated heterocycles. The lowest BCUT2D eigenvalue weighted by molar-refractivity contribution is 0.0950. The summed E-state index contributed by atoms with van der Waals surface area (Å²) in [4.78, 5) is 12.7. The normalized spacial score (nSPS) is 11.0. The molecule has 0 heterocycles. The summed E-state index contributed by atoms with van der Waals surface area (Å²) in [6.07, 6.45) is 1.07. The summed E-state index contributed by atoms with van der Waals surface area (Å²) in [5.41, 5.74) is 1.14. The summed E-state index contributed by atoms with van der Waals surface area (Å²) < 4.78 is 40.5. The fourth-order valence-electron chi connectivity index (χ4n) is 2.65. The molecule has 29 heavy (non-hydrogen) atoms. The fraction of sp³-hybridized carbons (Fsp3) is 0.316. The van der Waals surface area contributed by atoms with E-state index in [9.17, 15) is 13.2 Å². The first-order chi connectivity index (χ1) is 13.6. The van der Waals surface area contributed by atoms with E-state index in [2.05, 4.69) is 5.32 Å². The molecule has 0 aromatic heterocycles. The highest BCUT2D eigenvalue weighted by atomic mass is 35.5. The molecule has 0 aliphatic rings. The van der Waals surface area contributed by atoms with Gasteiger partial charge in [-0.3, -0.25) is 9.10 Å². The first kappa shape index (κ1) is 22.6. The zero-order chi connectivity index (χ0) is 21.8. The molecule has 1 N–H and O–H groups in total. The van der Waals surface area contributed by atoms with E-state index in [4.69, 9.17) is 25.8 Å². The van der Waals surface area contributed by atoms with Crippen molar-refractivity contribution in [1.82, 2.24) is 5.32 Å². The maximum absolute atomic E-state index is 12.7. The van der Waals surface area contributed by atoms with Gasteiger partial charge in [-0.15, -0.1) is 0 Å². The van der Waals surface area contributed by atoms with E-state index in [1.165, 1.54) is 46.6 Å². The Morgan fingerprint density at radius 1 is 1.07 bits per heavy atom. The highest BCUT2D eigenvalue weighted by Crippen LogP contribution is 2.39. The lowest BCUT2D eigenvalue weighted by atomic mass is 10.1. The third-order valence-corrected chi connectivity index (χ3v) is 5.82. The SMILES string of the molecule is COc1ccc(CNC(=O)c2cc(N(C)S(C)(=O)=O)ccc2Cl)c(OC)c1OC. The van der Waals surface area contributed by atoms with Crippen LogP contribution in [0.15, 0.2) is 30.3 Å². The van der Waals surface area contributed by atoms with Gasteiger partial charge in [-0.2, -0.15) is 0 Å². The van der Waals surface area contributed by atoms with Crippen LogP contribution in [-0.4, -0.2) is 49.0 Å². The summed E-state index contributed by atoms with van der Waals surface area (Å²) in [5, 5.41) is 2.96. The Balaban J connectivity index is 2.28. The van der Waals surface area contributed by atoms with Crippen molar-refractivity contribution < 1.29 is 27.4 Å². The van der Waals surface area contributed by atoms with Crippen LogP contribution < -0.4 is 23.8 Å². The van der Waals surface area contributed by atoms with Crippen molar-refractivity contribution in [1.29, 1.82) is 0 Å². The van der Waals surface area contributed by atoms with Gasteiger partial charge in [-0.05, 0) is 30.3 Å². The summed E-state index contributed by atoms with van der Waals surface area (Å²) in [5.74, 6) is 0.884. The molecule has 1 amide bonds. The van der Waals surface area contributed by atoms with E-state index >= 15 is 0 Å². The minimum absolute atomic E-state index is 0.130. The first-order valence-corrected chi connectivity index (χ1v) is 10.7. The van der Waals surface area contributed by atoms with Crippen molar-refractivity contribution in [2.45, 2.75) is 6.54 Å². The van der Waals surface area contributed by atoms with E-state index < -0.39 is 15.9 Å². The summed E-state index contributed by atoms with van der Waals surface area (Å²) >= 11 is 6.15. The number of methoxy groups -OCH3 is 3. The van der Waals surface area contributed by atoms with Crippen LogP contribution in [-0.2, 0) is 16.6 Å². The topological polar surface area (TPSA) is 94.2 Å². The van der Waals surface area contributed by atoms with Crippen molar-refractivity contribution in [2.24, 2.45) is 0 Å². The number of hydrogen-bond donors (Lipinski definition) is 1. The molecular formula is C19H23ClN2O6S. The largest absolute Gasteiger partial charge is 0.493 e. The van der Waals surface area contributed by atoms with E-state index in [1.54, 1.807) is 12.1 Å². The highest BCUT2D eigenvalue weighted by Gasteiger charge is 2.19. The second kappa shape index (κ2) is 9.23. The van der Waals surface area contributed by atoms with Gasteiger partial charge in [-0.25, -0.2) is 8.42 Å². The van der Waals surface area contributed by atoms with Gasteiger partial charge < -0.3 is 19.5 Å². The quantitative estimate of drug-likeness (QED) is 0.675. The maximum Gasteiger partial charge on any atom is 0.253 e. The smallest absolute Gasteiger partial charge is 0.253 e. The molecule has 0 aliphatic carbocycles. The van der Waals surface area contributed by atoms with Crippen molar-refractivity contribution in [3.63, 3.8) is 0 Å². The van der Waals surface area contributed by atoms with E-state index in [0.717, 1.165) is 10.6 Å². The molecule has 0 bridgehead atoms. The lowest BCUT2D eigenvalue weighted by Crippen LogP contribution is -2.26. The van der Waals surface area contributed by atoms with E-state index in [-0.39, 0.29) is 17.1 Å². The molecular weight excluding hydrogens is 420 g/mol. The predicted molar refractivity (Wildman–Crippen MR) is 112 cm³/mol. The number of nitrogens with zero attached hydrogens (tertiary/aromatic N) is 1. The molecule has 0 fully saturated rings. The van der Waals surface area contributed by atoms with Crippen molar-refractivity contribution in [2.75, 3.05) is 38.9 Å². The summed E-state index contributed by atoms with van der Waals surface area (Å²) in [6.45, 7) is 0.130. The van der Waals surface area contributed by atoms with Crippen LogP contribution in [0.1, 0.15) is 15.9 Å². The van der Waals surface area contributed by atoms with Crippen LogP contribution in [0.2, 0.25) is 5.02 Å². The van der Waals surface area contributed by atoms with Crippen LogP contribution in [0, 0.1) is 0 Å². The molecule has 10 heteroatoms. The van der Waals surface area contributed by atoms with Crippen molar-refractivity contribution >= 4 is 33.2 Å². The summed E-state index contributed by atoms with van der Waals surface area (Å²) in [6, 6.07) is 7.87. The molecule has 0 aliphatic heterocycles. The van der Waals surface area contributed by atoms with Gasteiger partial charge in [0.2, 0.25) is 15.8 Å². The van der Waals surface area contributed by atoms with Gasteiger partial charge in [-0.1, -0.05) is 11.6 Å². The number of carbonyl (C=O) groups excluding carboxylic acids is 1. The number of hydrogen-bond acceptors (Lipinski definition) is 6. The first-order valence-electron chi connectivity index (χ1n) is 8.43.